The van der Waals surface area contributed by atoms with Gasteiger partial charge in [0, 0.05) is 18.0 Å². The van der Waals surface area contributed by atoms with Crippen LogP contribution < -0.4 is 0 Å². The average molecular weight is 333 g/mol. The minimum absolute atomic E-state index is 0.0506. The molecule has 7 heteroatoms. The monoisotopic (exact) mass is 332 g/mol. The van der Waals surface area contributed by atoms with Crippen LogP contribution in [0.3, 0.4) is 0 Å². The second-order valence-electron chi connectivity index (χ2n) is 5.01. The highest BCUT2D eigenvalue weighted by molar-refractivity contribution is 7.16. The van der Waals surface area contributed by atoms with Gasteiger partial charge in [-0.05, 0) is 25.5 Å². The Balaban J connectivity index is 2.60. The molecule has 1 rings (SSSR count). The number of hydrogen-bond acceptors (Lipinski definition) is 4. The number of hydrogen-bond donors (Lipinski definition) is 1. The Labute approximate surface area is 134 Å². The van der Waals surface area contributed by atoms with Crippen LogP contribution in [0.4, 0.5) is 0 Å². The van der Waals surface area contributed by atoms with Crippen LogP contribution in [-0.4, -0.2) is 53.0 Å². The van der Waals surface area contributed by atoms with Gasteiger partial charge in [0.1, 0.15) is 0 Å². The van der Waals surface area contributed by atoms with E-state index in [9.17, 15) is 9.59 Å². The van der Waals surface area contributed by atoms with Crippen molar-refractivity contribution in [2.45, 2.75) is 32.9 Å². The van der Waals surface area contributed by atoms with Crippen LogP contribution in [0.1, 0.15) is 25.1 Å². The summed E-state index contributed by atoms with van der Waals surface area (Å²) in [5.41, 5.74) is 0. The Hall–Kier alpha value is -1.11. The van der Waals surface area contributed by atoms with E-state index in [1.165, 1.54) is 11.3 Å². The fourth-order valence-corrected chi connectivity index (χ4v) is 2.99. The Morgan fingerprint density at radius 1 is 1.38 bits per heavy atom. The molecule has 0 radical (unpaired) electrons. The molecule has 21 heavy (non-hydrogen) atoms. The molecule has 1 amide bonds. The molecule has 1 atom stereocenters. The summed E-state index contributed by atoms with van der Waals surface area (Å²) in [6.07, 6.45) is 0.796. The summed E-state index contributed by atoms with van der Waals surface area (Å²) < 4.78 is 0.693. The lowest BCUT2D eigenvalue weighted by molar-refractivity contribution is -0.140. The third-order valence-electron chi connectivity index (χ3n) is 3.34. The number of nitrogens with zero attached hydrogens (tertiary/aromatic N) is 2. The first-order valence-electron chi connectivity index (χ1n) is 6.77. The molecule has 1 unspecified atom stereocenters. The van der Waals surface area contributed by atoms with Crippen molar-refractivity contribution in [2.75, 3.05) is 20.1 Å². The van der Waals surface area contributed by atoms with Gasteiger partial charge in [-0.3, -0.25) is 14.5 Å². The fourth-order valence-electron chi connectivity index (χ4n) is 1.85. The molecule has 5 nitrogen and oxygen atoms in total. The molecule has 1 heterocycles. The van der Waals surface area contributed by atoms with Gasteiger partial charge in [0.2, 0.25) is 5.91 Å². The molecular weight excluding hydrogens is 312 g/mol. The van der Waals surface area contributed by atoms with Gasteiger partial charge in [-0.15, -0.1) is 11.3 Å². The number of likely N-dealkylation sites (N-methyl/N-ethyl adjacent to an activating group) is 1. The summed E-state index contributed by atoms with van der Waals surface area (Å²) in [7, 11) is 1.71. The zero-order chi connectivity index (χ0) is 16.0. The number of carbonyl (C=O) groups is 2. The summed E-state index contributed by atoms with van der Waals surface area (Å²) in [6.45, 7) is 4.37. The maximum atomic E-state index is 12.2. The minimum atomic E-state index is -0.921. The first-order chi connectivity index (χ1) is 9.83. The van der Waals surface area contributed by atoms with Crippen LogP contribution in [0.5, 0.6) is 0 Å². The summed E-state index contributed by atoms with van der Waals surface area (Å²) in [4.78, 5) is 27.4. The Bertz CT molecular complexity index is 492. The zero-order valence-corrected chi connectivity index (χ0v) is 14.1. The highest BCUT2D eigenvalue weighted by Crippen LogP contribution is 2.22. The lowest BCUT2D eigenvalue weighted by Crippen LogP contribution is -2.44. The molecule has 0 aliphatic rings. The topological polar surface area (TPSA) is 60.9 Å². The number of halogens is 1. The van der Waals surface area contributed by atoms with Crippen LogP contribution in [0.2, 0.25) is 4.34 Å². The number of carboxylic acids is 1. The van der Waals surface area contributed by atoms with E-state index in [-0.39, 0.29) is 25.0 Å². The molecule has 0 aromatic carbocycles. The van der Waals surface area contributed by atoms with Crippen molar-refractivity contribution >= 4 is 34.8 Å². The van der Waals surface area contributed by atoms with E-state index in [4.69, 9.17) is 16.7 Å². The molecular formula is C14H21ClN2O3S. The number of aliphatic carboxylic acids is 1. The van der Waals surface area contributed by atoms with Crippen LogP contribution in [0.15, 0.2) is 12.1 Å². The summed E-state index contributed by atoms with van der Waals surface area (Å²) in [6, 6.07) is 3.74. The second-order valence-corrected chi connectivity index (χ2v) is 6.81. The summed E-state index contributed by atoms with van der Waals surface area (Å²) >= 11 is 7.30. The van der Waals surface area contributed by atoms with Crippen LogP contribution in [0, 0.1) is 0 Å². The molecule has 118 valence electrons. The normalized spacial score (nSPS) is 12.4. The molecule has 0 aliphatic carbocycles. The highest BCUT2D eigenvalue weighted by Gasteiger charge is 2.21. The van der Waals surface area contributed by atoms with E-state index in [1.807, 2.05) is 19.9 Å². The van der Waals surface area contributed by atoms with E-state index in [2.05, 4.69) is 0 Å². The van der Waals surface area contributed by atoms with Crippen molar-refractivity contribution < 1.29 is 14.7 Å². The third kappa shape index (κ3) is 6.03. The van der Waals surface area contributed by atoms with E-state index < -0.39 is 5.97 Å². The number of carboxylic acid groups (broad SMARTS) is 1. The van der Waals surface area contributed by atoms with Gasteiger partial charge < -0.3 is 10.0 Å². The third-order valence-corrected chi connectivity index (χ3v) is 4.55. The second kappa shape index (κ2) is 8.36. The van der Waals surface area contributed by atoms with Crippen molar-refractivity contribution in [3.8, 4) is 0 Å². The van der Waals surface area contributed by atoms with Crippen molar-refractivity contribution in [1.82, 2.24) is 9.80 Å². The fraction of sp³-hybridized carbons (Fsp3) is 0.571. The first kappa shape index (κ1) is 17.9. The first-order valence-corrected chi connectivity index (χ1v) is 7.97. The summed E-state index contributed by atoms with van der Waals surface area (Å²) in [5, 5.41) is 8.94. The molecule has 1 aromatic rings. The molecule has 0 spiro atoms. The molecule has 0 saturated carbocycles. The summed E-state index contributed by atoms with van der Waals surface area (Å²) in [5.74, 6) is -1.02. The van der Waals surface area contributed by atoms with Gasteiger partial charge in [0.25, 0.3) is 0 Å². The van der Waals surface area contributed by atoms with Gasteiger partial charge >= 0.3 is 5.97 Å². The number of amides is 1. The molecule has 1 N–H and O–H groups in total. The largest absolute Gasteiger partial charge is 0.480 e. The van der Waals surface area contributed by atoms with Crippen molar-refractivity contribution in [1.29, 1.82) is 0 Å². The molecule has 0 aliphatic heterocycles. The van der Waals surface area contributed by atoms with E-state index in [1.54, 1.807) is 22.9 Å². The Kier molecular flexibility index (Phi) is 7.14. The highest BCUT2D eigenvalue weighted by atomic mass is 35.5. The lowest BCUT2D eigenvalue weighted by Gasteiger charge is -2.28. The minimum Gasteiger partial charge on any atom is -0.480 e. The van der Waals surface area contributed by atoms with E-state index in [0.717, 1.165) is 11.3 Å². The van der Waals surface area contributed by atoms with Gasteiger partial charge in [-0.2, -0.15) is 0 Å². The molecule has 0 fully saturated rings. The number of rotatable bonds is 8. The van der Waals surface area contributed by atoms with Gasteiger partial charge in [0.05, 0.1) is 24.0 Å². The van der Waals surface area contributed by atoms with Crippen molar-refractivity contribution in [2.24, 2.45) is 0 Å². The van der Waals surface area contributed by atoms with Gasteiger partial charge in [0.15, 0.2) is 0 Å². The number of thiophene rings is 1. The van der Waals surface area contributed by atoms with Crippen LogP contribution in [0.25, 0.3) is 0 Å². The quantitative estimate of drug-likeness (QED) is 0.794. The molecule has 0 saturated heterocycles. The average Bonchev–Trinajstić information content (AvgIpc) is 2.81. The smallest absolute Gasteiger partial charge is 0.317 e. The SMILES string of the molecule is CCC(C)N(CC(=O)O)CC(=O)N(C)Cc1ccc(Cl)s1. The maximum Gasteiger partial charge on any atom is 0.317 e. The van der Waals surface area contributed by atoms with Crippen LogP contribution in [-0.2, 0) is 16.1 Å². The number of carbonyl (C=O) groups excluding carboxylic acids is 1. The van der Waals surface area contributed by atoms with E-state index >= 15 is 0 Å². The zero-order valence-electron chi connectivity index (χ0n) is 12.5. The van der Waals surface area contributed by atoms with Gasteiger partial charge in [-0.1, -0.05) is 18.5 Å². The van der Waals surface area contributed by atoms with Crippen molar-refractivity contribution in [3.05, 3.63) is 21.3 Å². The predicted molar refractivity (Wildman–Crippen MR) is 84.8 cm³/mol. The van der Waals surface area contributed by atoms with Crippen molar-refractivity contribution in [3.63, 3.8) is 0 Å². The van der Waals surface area contributed by atoms with Gasteiger partial charge in [-0.25, -0.2) is 0 Å². The standard InChI is InChI=1S/C14H21ClN2O3S/c1-4-10(2)17(9-14(19)20)8-13(18)16(3)7-11-5-6-12(15)21-11/h5-6,10H,4,7-9H2,1-3H3,(H,19,20). The Morgan fingerprint density at radius 3 is 2.52 bits per heavy atom. The lowest BCUT2D eigenvalue weighted by atomic mass is 10.2. The van der Waals surface area contributed by atoms with E-state index in [0.29, 0.717) is 10.9 Å². The molecule has 0 bridgehead atoms. The predicted octanol–water partition coefficient (Wildman–Crippen LogP) is 2.55. The molecule has 1 aromatic heterocycles. The maximum absolute atomic E-state index is 12.2. The van der Waals surface area contributed by atoms with Crippen LogP contribution >= 0.6 is 22.9 Å². The Morgan fingerprint density at radius 2 is 2.05 bits per heavy atom.